The maximum absolute atomic E-state index is 11.8. The van der Waals surface area contributed by atoms with Gasteiger partial charge in [0.25, 0.3) is 0 Å². The van der Waals surface area contributed by atoms with Crippen LogP contribution in [0.1, 0.15) is 28.9 Å². The molecule has 0 aliphatic heterocycles. The first-order valence-corrected chi connectivity index (χ1v) is 9.17. The minimum absolute atomic E-state index is 0.0532. The van der Waals surface area contributed by atoms with Crippen molar-refractivity contribution in [3.05, 3.63) is 50.6 Å². The molecule has 2 amide bonds. The minimum Gasteiger partial charge on any atom is -0.356 e. The van der Waals surface area contributed by atoms with Gasteiger partial charge in [-0.15, -0.1) is 11.3 Å². The fourth-order valence-electron chi connectivity index (χ4n) is 1.99. The molecule has 25 heavy (non-hydrogen) atoms. The van der Waals surface area contributed by atoms with Crippen LogP contribution in [-0.2, 0) is 9.59 Å². The van der Waals surface area contributed by atoms with Crippen molar-refractivity contribution in [3.8, 4) is 0 Å². The molecule has 0 spiro atoms. The highest BCUT2D eigenvalue weighted by Crippen LogP contribution is 2.25. The number of hydrogen-bond donors (Lipinski definition) is 2. The third-order valence-electron chi connectivity index (χ3n) is 3.25. The molecule has 5 nitrogen and oxygen atoms in total. The lowest BCUT2D eigenvalue weighted by Crippen LogP contribution is -2.27. The van der Waals surface area contributed by atoms with E-state index in [0.717, 1.165) is 0 Å². The Kier molecular flexibility index (Phi) is 7.43. The number of Topliss-reactive ketones (excluding diaryl/α,β-unsaturated/α-hetero) is 1. The van der Waals surface area contributed by atoms with Crippen molar-refractivity contribution in [1.29, 1.82) is 0 Å². The molecule has 1 aromatic heterocycles. The van der Waals surface area contributed by atoms with Crippen LogP contribution in [0.3, 0.4) is 0 Å². The predicted octanol–water partition coefficient (Wildman–Crippen LogP) is 4.16. The van der Waals surface area contributed by atoms with Gasteiger partial charge in [-0.05, 0) is 29.6 Å². The zero-order chi connectivity index (χ0) is 18.2. The maximum Gasteiger partial charge on any atom is 0.226 e. The van der Waals surface area contributed by atoms with E-state index in [0.29, 0.717) is 20.6 Å². The molecule has 2 aromatic rings. The van der Waals surface area contributed by atoms with Crippen LogP contribution in [0.25, 0.3) is 0 Å². The van der Waals surface area contributed by atoms with Crippen molar-refractivity contribution in [2.75, 3.05) is 11.9 Å². The van der Waals surface area contributed by atoms with Crippen molar-refractivity contribution >= 4 is 57.8 Å². The molecule has 132 valence electrons. The fourth-order valence-corrected chi connectivity index (χ4v) is 2.98. The van der Waals surface area contributed by atoms with Crippen molar-refractivity contribution in [2.45, 2.75) is 19.3 Å². The van der Waals surface area contributed by atoms with Crippen molar-refractivity contribution in [2.24, 2.45) is 0 Å². The van der Waals surface area contributed by atoms with E-state index in [2.05, 4.69) is 10.6 Å². The van der Waals surface area contributed by atoms with Gasteiger partial charge in [-0.2, -0.15) is 0 Å². The molecule has 1 heterocycles. The second-order valence-corrected chi connectivity index (χ2v) is 6.94. The standard InChI is InChI=1S/C17H16Cl2N2O3S/c18-12-4-3-11(10-13(12)19)21-17(24)7-8-20-16(23)6-5-14(22)15-2-1-9-25-15/h1-4,9-10H,5-8H2,(H,20,23)(H,21,24). The van der Waals surface area contributed by atoms with E-state index in [-0.39, 0.29) is 43.4 Å². The predicted molar refractivity (Wildman–Crippen MR) is 101 cm³/mol. The normalized spacial score (nSPS) is 10.3. The van der Waals surface area contributed by atoms with Crippen molar-refractivity contribution in [1.82, 2.24) is 5.32 Å². The second kappa shape index (κ2) is 9.56. The quantitative estimate of drug-likeness (QED) is 0.655. The number of carbonyl (C=O) groups excluding carboxylic acids is 3. The minimum atomic E-state index is -0.257. The van der Waals surface area contributed by atoms with Crippen LogP contribution in [0.2, 0.25) is 10.0 Å². The van der Waals surface area contributed by atoms with E-state index < -0.39 is 0 Å². The molecule has 0 aliphatic carbocycles. The Morgan fingerprint density at radius 1 is 0.960 bits per heavy atom. The largest absolute Gasteiger partial charge is 0.356 e. The lowest BCUT2D eigenvalue weighted by atomic mass is 10.2. The highest BCUT2D eigenvalue weighted by Gasteiger charge is 2.10. The second-order valence-electron chi connectivity index (χ2n) is 5.18. The number of nitrogens with one attached hydrogen (secondary N) is 2. The molecule has 0 bridgehead atoms. The number of thiophene rings is 1. The number of rotatable bonds is 8. The molecule has 0 unspecified atom stereocenters. The highest BCUT2D eigenvalue weighted by molar-refractivity contribution is 7.12. The molecule has 0 aliphatic rings. The van der Waals surface area contributed by atoms with Gasteiger partial charge in [0.05, 0.1) is 14.9 Å². The summed E-state index contributed by atoms with van der Waals surface area (Å²) in [6, 6.07) is 8.31. The zero-order valence-corrected chi connectivity index (χ0v) is 15.5. The van der Waals surface area contributed by atoms with Gasteiger partial charge in [-0.3, -0.25) is 14.4 Å². The third-order valence-corrected chi connectivity index (χ3v) is 4.90. The molecule has 0 radical (unpaired) electrons. The van der Waals surface area contributed by atoms with Gasteiger partial charge in [0.15, 0.2) is 5.78 Å². The summed E-state index contributed by atoms with van der Waals surface area (Å²) in [4.78, 5) is 36.0. The monoisotopic (exact) mass is 398 g/mol. The smallest absolute Gasteiger partial charge is 0.226 e. The van der Waals surface area contributed by atoms with Crippen LogP contribution in [0.4, 0.5) is 5.69 Å². The molecular weight excluding hydrogens is 383 g/mol. The average molecular weight is 399 g/mol. The van der Waals surface area contributed by atoms with Crippen LogP contribution in [0.5, 0.6) is 0 Å². The summed E-state index contributed by atoms with van der Waals surface area (Å²) in [5.41, 5.74) is 0.535. The number of benzene rings is 1. The summed E-state index contributed by atoms with van der Waals surface area (Å²) < 4.78 is 0. The summed E-state index contributed by atoms with van der Waals surface area (Å²) in [5.74, 6) is -0.567. The van der Waals surface area contributed by atoms with Gasteiger partial charge < -0.3 is 10.6 Å². The highest BCUT2D eigenvalue weighted by atomic mass is 35.5. The number of halogens is 2. The van der Waals surface area contributed by atoms with E-state index in [1.807, 2.05) is 5.38 Å². The Morgan fingerprint density at radius 3 is 2.44 bits per heavy atom. The molecule has 2 rings (SSSR count). The van der Waals surface area contributed by atoms with E-state index in [1.54, 1.807) is 30.3 Å². The number of ketones is 1. The molecular formula is C17H16Cl2N2O3S. The lowest BCUT2D eigenvalue weighted by Gasteiger charge is -2.07. The molecule has 8 heteroatoms. The first kappa shape index (κ1) is 19.4. The first-order chi connectivity index (χ1) is 12.0. The Balaban J connectivity index is 1.65. The van der Waals surface area contributed by atoms with Crippen LogP contribution < -0.4 is 10.6 Å². The third kappa shape index (κ3) is 6.49. The first-order valence-electron chi connectivity index (χ1n) is 7.54. The van der Waals surface area contributed by atoms with Crippen LogP contribution in [0.15, 0.2) is 35.7 Å². The SMILES string of the molecule is O=C(CCC(=O)c1cccs1)NCCC(=O)Nc1ccc(Cl)c(Cl)c1. The molecule has 0 atom stereocenters. The Labute approximate surface area is 159 Å². The van der Waals surface area contributed by atoms with Gasteiger partial charge >= 0.3 is 0 Å². The maximum atomic E-state index is 11.8. The lowest BCUT2D eigenvalue weighted by molar-refractivity contribution is -0.121. The van der Waals surface area contributed by atoms with E-state index in [9.17, 15) is 14.4 Å². The molecule has 2 N–H and O–H groups in total. The van der Waals surface area contributed by atoms with Gasteiger partial charge in [-0.25, -0.2) is 0 Å². The summed E-state index contributed by atoms with van der Waals surface area (Å²) in [5, 5.41) is 7.87. The molecule has 0 saturated carbocycles. The van der Waals surface area contributed by atoms with Crippen LogP contribution in [0, 0.1) is 0 Å². The van der Waals surface area contributed by atoms with Crippen LogP contribution >= 0.6 is 34.5 Å². The molecule has 0 saturated heterocycles. The summed E-state index contributed by atoms with van der Waals surface area (Å²) >= 11 is 13.0. The summed E-state index contributed by atoms with van der Waals surface area (Å²) in [7, 11) is 0. The number of anilines is 1. The Hall–Kier alpha value is -1.89. The Morgan fingerprint density at radius 2 is 1.76 bits per heavy atom. The molecule has 0 fully saturated rings. The van der Waals surface area contributed by atoms with E-state index >= 15 is 0 Å². The average Bonchev–Trinajstić information content (AvgIpc) is 3.10. The van der Waals surface area contributed by atoms with Gasteiger partial charge in [-0.1, -0.05) is 29.3 Å². The van der Waals surface area contributed by atoms with E-state index in [1.165, 1.54) is 11.3 Å². The topological polar surface area (TPSA) is 75.3 Å². The van der Waals surface area contributed by atoms with Gasteiger partial charge in [0, 0.05) is 31.5 Å². The van der Waals surface area contributed by atoms with Crippen molar-refractivity contribution in [3.63, 3.8) is 0 Å². The van der Waals surface area contributed by atoms with Crippen molar-refractivity contribution < 1.29 is 14.4 Å². The fraction of sp³-hybridized carbons (Fsp3) is 0.235. The summed E-state index contributed by atoms with van der Waals surface area (Å²) in [6.07, 6.45) is 0.373. The number of amides is 2. The van der Waals surface area contributed by atoms with Gasteiger partial charge in [0.1, 0.15) is 0 Å². The van der Waals surface area contributed by atoms with Crippen LogP contribution in [-0.4, -0.2) is 24.1 Å². The summed E-state index contributed by atoms with van der Waals surface area (Å²) in [6.45, 7) is 0.194. The van der Waals surface area contributed by atoms with Gasteiger partial charge in [0.2, 0.25) is 11.8 Å². The zero-order valence-electron chi connectivity index (χ0n) is 13.2. The number of carbonyl (C=O) groups is 3. The number of hydrogen-bond acceptors (Lipinski definition) is 4. The Bertz CT molecular complexity index is 763. The van der Waals surface area contributed by atoms with E-state index in [4.69, 9.17) is 23.2 Å². The molecule has 1 aromatic carbocycles.